The van der Waals surface area contributed by atoms with E-state index in [1.165, 1.54) is 0 Å². The average molecular weight is 389 g/mol. The van der Waals surface area contributed by atoms with E-state index in [1.807, 2.05) is 59.6 Å². The molecule has 30 heavy (non-hydrogen) atoms. The van der Waals surface area contributed by atoms with Crippen molar-refractivity contribution < 1.29 is 0 Å². The van der Waals surface area contributed by atoms with Gasteiger partial charge < -0.3 is 0 Å². The molecule has 0 spiro atoms. The summed E-state index contributed by atoms with van der Waals surface area (Å²) in [6, 6.07) is 20.3. The Morgan fingerprint density at radius 3 is 2.20 bits per heavy atom. The molecule has 0 saturated carbocycles. The number of fused-ring (bicyclic) bond motifs is 6. The van der Waals surface area contributed by atoms with Gasteiger partial charge in [0.2, 0.25) is 11.6 Å². The van der Waals surface area contributed by atoms with E-state index in [4.69, 9.17) is 9.97 Å². The lowest BCUT2D eigenvalue weighted by Crippen LogP contribution is -1.95. The third-order valence-corrected chi connectivity index (χ3v) is 5.57. The second-order valence-electron chi connectivity index (χ2n) is 7.25. The minimum atomic E-state index is 0.838. The summed E-state index contributed by atoms with van der Waals surface area (Å²) in [5.74, 6) is 2.58. The Kier molecular flexibility index (Phi) is 2.88. The number of nitrogens with zero attached hydrogens (tertiary/aromatic N) is 7. The van der Waals surface area contributed by atoms with E-state index in [9.17, 15) is 0 Å². The van der Waals surface area contributed by atoms with Crippen LogP contribution in [-0.4, -0.2) is 32.9 Å². The fraction of sp³-hybridized carbons (Fsp3) is 0. The van der Waals surface area contributed by atoms with Crippen LogP contribution in [0.5, 0.6) is 0 Å². The molecule has 5 heterocycles. The summed E-state index contributed by atoms with van der Waals surface area (Å²) in [6.07, 6.45) is 9.91. The van der Waals surface area contributed by atoms with Gasteiger partial charge in [-0.05, 0) is 42.5 Å². The zero-order chi connectivity index (χ0) is 19.7. The minimum Gasteiger partial charge on any atom is -0.286 e. The lowest BCUT2D eigenvalue weighted by Gasteiger charge is -2.03. The van der Waals surface area contributed by atoms with E-state index in [-0.39, 0.29) is 0 Å². The molecule has 0 N–H and O–H groups in total. The van der Waals surface area contributed by atoms with Gasteiger partial charge in [0.1, 0.15) is 5.82 Å². The number of hydrogen-bond acceptors (Lipinski definition) is 3. The highest BCUT2D eigenvalue weighted by atomic mass is 15.2. The van der Waals surface area contributed by atoms with Crippen LogP contribution in [0.1, 0.15) is 0 Å². The largest absolute Gasteiger partial charge is 0.286 e. The first-order valence-electron chi connectivity index (χ1n) is 9.72. The predicted molar refractivity (Wildman–Crippen MR) is 115 cm³/mol. The molecule has 7 aromatic rings. The maximum Gasteiger partial charge on any atom is 0.220 e. The van der Waals surface area contributed by atoms with Crippen LogP contribution in [0.3, 0.4) is 0 Å². The van der Waals surface area contributed by atoms with Gasteiger partial charge in [0.25, 0.3) is 0 Å². The Morgan fingerprint density at radius 2 is 1.33 bits per heavy atom. The van der Waals surface area contributed by atoms with Gasteiger partial charge in [-0.3, -0.25) is 17.9 Å². The molecule has 2 aromatic carbocycles. The number of aromatic nitrogens is 7. The number of imidazole rings is 4. The topological polar surface area (TPSA) is 57.4 Å². The molecule has 0 saturated heterocycles. The molecule has 5 aromatic heterocycles. The van der Waals surface area contributed by atoms with Crippen LogP contribution < -0.4 is 0 Å². The van der Waals surface area contributed by atoms with E-state index in [1.54, 1.807) is 6.20 Å². The number of para-hydroxylation sites is 2. The van der Waals surface area contributed by atoms with Crippen molar-refractivity contribution in [3.63, 3.8) is 0 Å². The van der Waals surface area contributed by atoms with Crippen molar-refractivity contribution in [2.45, 2.75) is 0 Å². The van der Waals surface area contributed by atoms with Gasteiger partial charge >= 0.3 is 0 Å². The molecule has 0 aliphatic carbocycles. The van der Waals surface area contributed by atoms with Gasteiger partial charge in [0, 0.05) is 31.0 Å². The quantitative estimate of drug-likeness (QED) is 0.444. The van der Waals surface area contributed by atoms with Crippen LogP contribution in [-0.2, 0) is 0 Å². The molecule has 0 aliphatic rings. The Labute approximate surface area is 170 Å². The van der Waals surface area contributed by atoms with Gasteiger partial charge in [0.15, 0.2) is 0 Å². The van der Waals surface area contributed by atoms with E-state index < -0.39 is 0 Å². The second-order valence-corrected chi connectivity index (χ2v) is 7.25. The molecule has 0 radical (unpaired) electrons. The molecule has 0 unspecified atom stereocenters. The average Bonchev–Trinajstić information content (AvgIpc) is 3.53. The second kappa shape index (κ2) is 5.57. The van der Waals surface area contributed by atoms with Crippen molar-refractivity contribution in [2.75, 3.05) is 0 Å². The fourth-order valence-corrected chi connectivity index (χ4v) is 4.16. The summed E-state index contributed by atoms with van der Waals surface area (Å²) < 4.78 is 8.31. The molecule has 7 nitrogen and oxygen atoms in total. The van der Waals surface area contributed by atoms with Crippen molar-refractivity contribution in [1.82, 2.24) is 32.9 Å². The van der Waals surface area contributed by atoms with E-state index in [2.05, 4.69) is 48.8 Å². The molecule has 0 atom stereocenters. The van der Waals surface area contributed by atoms with Gasteiger partial charge in [-0.15, -0.1) is 0 Å². The predicted octanol–water partition coefficient (Wildman–Crippen LogP) is 4.26. The number of rotatable bonds is 2. The van der Waals surface area contributed by atoms with E-state index >= 15 is 0 Å². The minimum absolute atomic E-state index is 0.838. The molecule has 7 heteroatoms. The number of pyridine rings is 1. The molecule has 0 bridgehead atoms. The van der Waals surface area contributed by atoms with Crippen molar-refractivity contribution in [1.29, 1.82) is 0 Å². The third kappa shape index (κ3) is 2.00. The lowest BCUT2D eigenvalue weighted by molar-refractivity contribution is 1.01. The van der Waals surface area contributed by atoms with E-state index in [0.717, 1.165) is 45.1 Å². The summed E-state index contributed by atoms with van der Waals surface area (Å²) in [6.45, 7) is 0. The molecular formula is C23H15N7. The highest BCUT2D eigenvalue weighted by Gasteiger charge is 2.14. The zero-order valence-electron chi connectivity index (χ0n) is 15.8. The van der Waals surface area contributed by atoms with Crippen LogP contribution in [0.25, 0.3) is 45.1 Å². The first kappa shape index (κ1) is 15.5. The SMILES string of the molecule is c1ccc(-n2ccn3c4cc(-n5ccn6c7ccccc7nc56)ccc4nc23)nc1. The molecule has 7 rings (SSSR count). The molecule has 0 amide bonds. The summed E-state index contributed by atoms with van der Waals surface area (Å²) in [7, 11) is 0. The Balaban J connectivity index is 1.45. The van der Waals surface area contributed by atoms with Gasteiger partial charge in [-0.1, -0.05) is 18.2 Å². The van der Waals surface area contributed by atoms with Crippen molar-refractivity contribution in [3.8, 4) is 11.5 Å². The third-order valence-electron chi connectivity index (χ3n) is 5.57. The molecule has 0 fully saturated rings. The van der Waals surface area contributed by atoms with Gasteiger partial charge in [-0.25, -0.2) is 15.0 Å². The smallest absolute Gasteiger partial charge is 0.220 e. The first-order valence-corrected chi connectivity index (χ1v) is 9.72. The van der Waals surface area contributed by atoms with Gasteiger partial charge in [-0.2, -0.15) is 0 Å². The summed E-state index contributed by atoms with van der Waals surface area (Å²) in [5, 5.41) is 0. The van der Waals surface area contributed by atoms with Crippen LogP contribution in [0.15, 0.2) is 91.6 Å². The van der Waals surface area contributed by atoms with Crippen LogP contribution in [0.4, 0.5) is 0 Å². The van der Waals surface area contributed by atoms with Crippen molar-refractivity contribution >= 4 is 33.6 Å². The van der Waals surface area contributed by atoms with Crippen molar-refractivity contribution in [2.24, 2.45) is 0 Å². The van der Waals surface area contributed by atoms with Crippen LogP contribution >= 0.6 is 0 Å². The molecule has 142 valence electrons. The first-order chi connectivity index (χ1) is 14.9. The fourth-order valence-electron chi connectivity index (χ4n) is 4.16. The lowest BCUT2D eigenvalue weighted by atomic mass is 10.2. The normalized spacial score (nSPS) is 12.0. The maximum atomic E-state index is 4.83. The molecular weight excluding hydrogens is 374 g/mol. The summed E-state index contributed by atoms with van der Waals surface area (Å²) >= 11 is 0. The number of benzene rings is 2. The zero-order valence-corrected chi connectivity index (χ0v) is 15.8. The van der Waals surface area contributed by atoms with Crippen LogP contribution in [0, 0.1) is 0 Å². The standard InChI is InChI=1S/C23H15N7/c1-2-6-19-17(5-1)25-22-27(11-12-28(19)22)16-8-9-18-20(15-16)29-13-14-30(23(29)26-18)21-7-3-4-10-24-21/h1-15H. The van der Waals surface area contributed by atoms with Crippen molar-refractivity contribution in [3.05, 3.63) is 91.6 Å². The Bertz CT molecular complexity index is 1700. The maximum absolute atomic E-state index is 4.83. The summed E-state index contributed by atoms with van der Waals surface area (Å²) in [4.78, 5) is 14.1. The monoisotopic (exact) mass is 389 g/mol. The van der Waals surface area contributed by atoms with Crippen LogP contribution in [0.2, 0.25) is 0 Å². The van der Waals surface area contributed by atoms with Gasteiger partial charge in [0.05, 0.1) is 27.8 Å². The number of hydrogen-bond donors (Lipinski definition) is 0. The summed E-state index contributed by atoms with van der Waals surface area (Å²) in [5.41, 5.74) is 5.12. The molecule has 0 aliphatic heterocycles. The van der Waals surface area contributed by atoms with E-state index in [0.29, 0.717) is 0 Å². The highest BCUT2D eigenvalue weighted by molar-refractivity contribution is 5.83. The highest BCUT2D eigenvalue weighted by Crippen LogP contribution is 2.25. The Hall–Kier alpha value is -4.39. The Morgan fingerprint density at radius 1 is 0.600 bits per heavy atom.